The number of nitrogens with zero attached hydrogens (tertiary/aromatic N) is 2. The topological polar surface area (TPSA) is 101 Å². The molecule has 0 amide bonds. The second-order valence-electron chi connectivity index (χ2n) is 3.08. The van der Waals surface area contributed by atoms with Crippen LogP contribution in [0.5, 0.6) is 0 Å². The van der Waals surface area contributed by atoms with Gasteiger partial charge in [0.05, 0.1) is 0 Å². The van der Waals surface area contributed by atoms with Gasteiger partial charge in [0.1, 0.15) is 5.82 Å². The van der Waals surface area contributed by atoms with E-state index in [1.165, 1.54) is 12.2 Å². The van der Waals surface area contributed by atoms with Crippen molar-refractivity contribution in [2.75, 3.05) is 0 Å². The molecular formula is C8H4N4O3. The lowest BCUT2D eigenvalue weighted by Crippen LogP contribution is -2.24. The van der Waals surface area contributed by atoms with Crippen LogP contribution in [0.4, 0.5) is 0 Å². The summed E-state index contributed by atoms with van der Waals surface area (Å²) in [6.45, 7) is 0. The van der Waals surface area contributed by atoms with Gasteiger partial charge in [-0.1, -0.05) is 0 Å². The molecule has 0 aliphatic carbocycles. The molecule has 7 nitrogen and oxygen atoms in total. The van der Waals surface area contributed by atoms with Gasteiger partial charge in [-0.05, 0) is 6.08 Å². The van der Waals surface area contributed by atoms with Crippen LogP contribution in [-0.4, -0.2) is 25.4 Å². The summed E-state index contributed by atoms with van der Waals surface area (Å²) in [5, 5.41) is 0. The standard InChI is InChI=1S/C8H4N4O3/c13-4-2-1-3-9-6-5(12(3)4)7(14)11-8(15)10-6/h1-2H,(H2,10,11,14,15). The number of rotatable bonds is 0. The second kappa shape index (κ2) is 2.32. The zero-order chi connectivity index (χ0) is 10.6. The number of fused-ring (bicyclic) bond motifs is 3. The molecule has 0 fully saturated rings. The molecule has 1 aliphatic heterocycles. The number of allylic oxidation sites excluding steroid dienone is 1. The van der Waals surface area contributed by atoms with E-state index in [0.29, 0.717) is 5.82 Å². The number of aromatic nitrogens is 4. The number of H-pyrrole nitrogens is 2. The zero-order valence-corrected chi connectivity index (χ0v) is 7.27. The molecule has 1 aliphatic rings. The van der Waals surface area contributed by atoms with E-state index in [4.69, 9.17) is 0 Å². The first kappa shape index (κ1) is 7.92. The average molecular weight is 204 g/mol. The zero-order valence-electron chi connectivity index (χ0n) is 7.27. The average Bonchev–Trinajstić information content (AvgIpc) is 2.66. The summed E-state index contributed by atoms with van der Waals surface area (Å²) in [5.41, 5.74) is -1.07. The molecule has 0 bridgehead atoms. The van der Waals surface area contributed by atoms with Gasteiger partial charge in [-0.15, -0.1) is 0 Å². The van der Waals surface area contributed by atoms with Crippen LogP contribution in [0.15, 0.2) is 15.7 Å². The fourth-order valence-electron chi connectivity index (χ4n) is 1.59. The van der Waals surface area contributed by atoms with Crippen molar-refractivity contribution in [1.29, 1.82) is 0 Å². The maximum absolute atomic E-state index is 11.4. The Balaban J connectivity index is 2.62. The van der Waals surface area contributed by atoms with Crippen molar-refractivity contribution < 1.29 is 4.79 Å². The summed E-state index contributed by atoms with van der Waals surface area (Å²) in [6, 6.07) is 0. The number of carbonyl (C=O) groups excluding carboxylic acids is 1. The van der Waals surface area contributed by atoms with E-state index in [-0.39, 0.29) is 17.1 Å². The minimum atomic E-state index is -0.638. The first-order chi connectivity index (χ1) is 7.16. The lowest BCUT2D eigenvalue weighted by molar-refractivity contribution is 0.0978. The van der Waals surface area contributed by atoms with E-state index < -0.39 is 11.2 Å². The lowest BCUT2D eigenvalue weighted by atomic mass is 10.5. The molecule has 0 saturated carbocycles. The fraction of sp³-hybridized carbons (Fsp3) is 0. The Kier molecular flexibility index (Phi) is 1.23. The van der Waals surface area contributed by atoms with Gasteiger partial charge in [-0.2, -0.15) is 0 Å². The van der Waals surface area contributed by atoms with Crippen molar-refractivity contribution in [2.45, 2.75) is 0 Å². The molecular weight excluding hydrogens is 200 g/mol. The van der Waals surface area contributed by atoms with Crippen LogP contribution in [-0.2, 0) is 0 Å². The molecule has 2 aromatic rings. The highest BCUT2D eigenvalue weighted by Crippen LogP contribution is 2.15. The van der Waals surface area contributed by atoms with Crippen LogP contribution in [0.2, 0.25) is 0 Å². The number of aromatic amines is 2. The minimum absolute atomic E-state index is 0.0691. The molecule has 0 radical (unpaired) electrons. The van der Waals surface area contributed by atoms with Crippen LogP contribution >= 0.6 is 0 Å². The van der Waals surface area contributed by atoms with Gasteiger partial charge >= 0.3 is 5.69 Å². The molecule has 0 saturated heterocycles. The van der Waals surface area contributed by atoms with Gasteiger partial charge in [0.15, 0.2) is 11.2 Å². The molecule has 2 N–H and O–H groups in total. The number of carbonyl (C=O) groups is 1. The molecule has 3 rings (SSSR count). The quantitative estimate of drug-likeness (QED) is 0.579. The third kappa shape index (κ3) is 0.885. The molecule has 7 heteroatoms. The van der Waals surface area contributed by atoms with E-state index in [9.17, 15) is 14.4 Å². The largest absolute Gasteiger partial charge is 0.327 e. The van der Waals surface area contributed by atoms with Gasteiger partial charge in [0.25, 0.3) is 11.5 Å². The Morgan fingerprint density at radius 1 is 1.13 bits per heavy atom. The van der Waals surface area contributed by atoms with Crippen LogP contribution in [0.25, 0.3) is 17.2 Å². The summed E-state index contributed by atoms with van der Waals surface area (Å²) in [5.74, 6) is 0.00685. The van der Waals surface area contributed by atoms with Crippen LogP contribution in [0.3, 0.4) is 0 Å². The lowest BCUT2D eigenvalue weighted by Gasteiger charge is -1.93. The van der Waals surface area contributed by atoms with Crippen molar-refractivity contribution in [3.63, 3.8) is 0 Å². The highest BCUT2D eigenvalue weighted by Gasteiger charge is 2.21. The number of imidazole rings is 1. The van der Waals surface area contributed by atoms with Crippen LogP contribution in [0, 0.1) is 0 Å². The third-order valence-electron chi connectivity index (χ3n) is 2.17. The third-order valence-corrected chi connectivity index (χ3v) is 2.17. The van der Waals surface area contributed by atoms with Gasteiger partial charge in [0, 0.05) is 6.08 Å². The maximum atomic E-state index is 11.4. The van der Waals surface area contributed by atoms with E-state index in [1.807, 2.05) is 4.98 Å². The van der Waals surface area contributed by atoms with Crippen molar-refractivity contribution >= 4 is 23.1 Å². The van der Waals surface area contributed by atoms with E-state index >= 15 is 0 Å². The van der Waals surface area contributed by atoms with Gasteiger partial charge < -0.3 is 0 Å². The smallest absolute Gasteiger partial charge is 0.290 e. The first-order valence-electron chi connectivity index (χ1n) is 4.14. The normalized spacial score (nSPS) is 13.7. The predicted octanol–water partition coefficient (Wildman–Crippen LogP) is -0.920. The predicted molar refractivity (Wildman–Crippen MR) is 50.6 cm³/mol. The molecule has 0 unspecified atom stereocenters. The summed E-state index contributed by atoms with van der Waals surface area (Å²) in [4.78, 5) is 42.1. The SMILES string of the molecule is O=C1C=Cc2nc3[nH]c(=O)[nH]c(=O)c3n21. The minimum Gasteiger partial charge on any atom is -0.290 e. The molecule has 2 aromatic heterocycles. The van der Waals surface area contributed by atoms with Gasteiger partial charge in [-0.25, -0.2) is 9.78 Å². The Labute approximate surface area is 81.1 Å². The van der Waals surface area contributed by atoms with Crippen molar-refractivity contribution in [2.24, 2.45) is 0 Å². The van der Waals surface area contributed by atoms with Crippen molar-refractivity contribution in [3.8, 4) is 0 Å². The van der Waals surface area contributed by atoms with E-state index in [1.54, 1.807) is 0 Å². The van der Waals surface area contributed by atoms with E-state index in [0.717, 1.165) is 4.57 Å². The summed E-state index contributed by atoms with van der Waals surface area (Å²) >= 11 is 0. The number of hydrogen-bond donors (Lipinski definition) is 2. The summed E-state index contributed by atoms with van der Waals surface area (Å²) in [7, 11) is 0. The first-order valence-corrected chi connectivity index (χ1v) is 4.14. The van der Waals surface area contributed by atoms with Crippen LogP contribution in [0.1, 0.15) is 10.6 Å². The number of nitrogens with one attached hydrogen (secondary N) is 2. The monoisotopic (exact) mass is 204 g/mol. The molecule has 0 atom stereocenters. The molecule has 0 spiro atoms. The Hall–Kier alpha value is -2.44. The molecule has 0 aromatic carbocycles. The molecule has 15 heavy (non-hydrogen) atoms. The molecule has 3 heterocycles. The fourth-order valence-corrected chi connectivity index (χ4v) is 1.59. The maximum Gasteiger partial charge on any atom is 0.327 e. The summed E-state index contributed by atoms with van der Waals surface area (Å²) in [6.07, 6.45) is 2.80. The highest BCUT2D eigenvalue weighted by atomic mass is 16.2. The van der Waals surface area contributed by atoms with E-state index in [2.05, 4.69) is 9.97 Å². The Morgan fingerprint density at radius 3 is 2.73 bits per heavy atom. The molecule has 74 valence electrons. The van der Waals surface area contributed by atoms with Crippen molar-refractivity contribution in [3.05, 3.63) is 32.7 Å². The summed E-state index contributed by atoms with van der Waals surface area (Å²) < 4.78 is 1.16. The Bertz CT molecular complexity index is 730. The van der Waals surface area contributed by atoms with Gasteiger partial charge in [0.2, 0.25) is 0 Å². The Morgan fingerprint density at radius 2 is 1.93 bits per heavy atom. The van der Waals surface area contributed by atoms with Crippen molar-refractivity contribution in [1.82, 2.24) is 19.5 Å². The van der Waals surface area contributed by atoms with Gasteiger partial charge in [-0.3, -0.25) is 24.1 Å². The highest BCUT2D eigenvalue weighted by molar-refractivity contribution is 6.04. The second-order valence-corrected chi connectivity index (χ2v) is 3.08. The number of hydrogen-bond acceptors (Lipinski definition) is 4. The van der Waals surface area contributed by atoms with Crippen LogP contribution < -0.4 is 11.2 Å².